The third-order valence-corrected chi connectivity index (χ3v) is 3.78. The Balaban J connectivity index is 2.12. The van der Waals surface area contributed by atoms with Crippen molar-refractivity contribution < 1.29 is 4.74 Å². The number of aromatic nitrogens is 2. The predicted molar refractivity (Wildman–Crippen MR) is 77.5 cm³/mol. The largest absolute Gasteiger partial charge is 0.385 e. The first-order valence-electron chi connectivity index (χ1n) is 7.25. The highest BCUT2D eigenvalue weighted by Crippen LogP contribution is 2.24. The van der Waals surface area contributed by atoms with Crippen molar-refractivity contribution in [1.82, 2.24) is 9.55 Å². The van der Waals surface area contributed by atoms with Crippen LogP contribution in [0.25, 0.3) is 0 Å². The number of methoxy groups -OCH3 is 1. The van der Waals surface area contributed by atoms with Crippen LogP contribution in [-0.4, -0.2) is 42.4 Å². The van der Waals surface area contributed by atoms with Crippen molar-refractivity contribution in [1.29, 1.82) is 0 Å². The molecule has 0 bridgehead atoms. The molecular weight excluding hydrogens is 240 g/mol. The molecule has 0 amide bonds. The Morgan fingerprint density at radius 1 is 1.47 bits per heavy atom. The van der Waals surface area contributed by atoms with Gasteiger partial charge in [0.1, 0.15) is 0 Å². The SMILES string of the molecule is COCCCn1cc(C)nc1N1CCCCC1CN. The van der Waals surface area contributed by atoms with E-state index in [0.717, 1.165) is 37.8 Å². The van der Waals surface area contributed by atoms with Crippen LogP contribution in [-0.2, 0) is 11.3 Å². The van der Waals surface area contributed by atoms with Gasteiger partial charge >= 0.3 is 0 Å². The van der Waals surface area contributed by atoms with Crippen LogP contribution >= 0.6 is 0 Å². The number of anilines is 1. The Hall–Kier alpha value is -1.07. The van der Waals surface area contributed by atoms with Crippen molar-refractivity contribution in [3.05, 3.63) is 11.9 Å². The second kappa shape index (κ2) is 6.91. The van der Waals surface area contributed by atoms with Gasteiger partial charge < -0.3 is 19.9 Å². The molecule has 0 aromatic carbocycles. The molecule has 0 spiro atoms. The smallest absolute Gasteiger partial charge is 0.206 e. The lowest BCUT2D eigenvalue weighted by Gasteiger charge is -2.36. The van der Waals surface area contributed by atoms with E-state index in [9.17, 15) is 0 Å². The van der Waals surface area contributed by atoms with Gasteiger partial charge in [-0.2, -0.15) is 0 Å². The number of ether oxygens (including phenoxy) is 1. The van der Waals surface area contributed by atoms with E-state index in [1.165, 1.54) is 19.3 Å². The minimum absolute atomic E-state index is 0.441. The lowest BCUT2D eigenvalue weighted by atomic mass is 10.0. The summed E-state index contributed by atoms with van der Waals surface area (Å²) in [7, 11) is 1.75. The molecule has 108 valence electrons. The zero-order chi connectivity index (χ0) is 13.7. The van der Waals surface area contributed by atoms with Crippen LogP contribution in [0.2, 0.25) is 0 Å². The summed E-state index contributed by atoms with van der Waals surface area (Å²) >= 11 is 0. The van der Waals surface area contributed by atoms with Gasteiger partial charge in [-0.15, -0.1) is 0 Å². The second-order valence-electron chi connectivity index (χ2n) is 5.30. The highest BCUT2D eigenvalue weighted by molar-refractivity contribution is 5.36. The van der Waals surface area contributed by atoms with Gasteiger partial charge in [0.2, 0.25) is 5.95 Å². The highest BCUT2D eigenvalue weighted by Gasteiger charge is 2.24. The average molecular weight is 266 g/mol. The van der Waals surface area contributed by atoms with E-state index >= 15 is 0 Å². The number of hydrogen-bond donors (Lipinski definition) is 1. The zero-order valence-electron chi connectivity index (χ0n) is 12.1. The summed E-state index contributed by atoms with van der Waals surface area (Å²) < 4.78 is 7.38. The molecule has 0 aliphatic carbocycles. The molecule has 2 N–H and O–H groups in total. The van der Waals surface area contributed by atoms with E-state index in [-0.39, 0.29) is 0 Å². The first-order valence-corrected chi connectivity index (χ1v) is 7.25. The Kier molecular flexibility index (Phi) is 5.22. The fourth-order valence-corrected chi connectivity index (χ4v) is 2.82. The minimum Gasteiger partial charge on any atom is -0.385 e. The number of imidazole rings is 1. The van der Waals surface area contributed by atoms with Gasteiger partial charge in [0.25, 0.3) is 0 Å². The van der Waals surface area contributed by atoms with E-state index in [1.54, 1.807) is 7.11 Å². The van der Waals surface area contributed by atoms with Crippen LogP contribution in [0.3, 0.4) is 0 Å². The van der Waals surface area contributed by atoms with E-state index < -0.39 is 0 Å². The summed E-state index contributed by atoms with van der Waals surface area (Å²) in [6.07, 6.45) is 6.84. The molecule has 1 aliphatic rings. The fourth-order valence-electron chi connectivity index (χ4n) is 2.82. The number of nitrogens with zero attached hydrogens (tertiary/aromatic N) is 3. The van der Waals surface area contributed by atoms with Crippen molar-refractivity contribution in [2.45, 2.75) is 45.2 Å². The summed E-state index contributed by atoms with van der Waals surface area (Å²) in [4.78, 5) is 7.10. The first-order chi connectivity index (χ1) is 9.26. The number of piperidine rings is 1. The molecule has 1 aliphatic heterocycles. The third kappa shape index (κ3) is 3.48. The molecule has 0 saturated carbocycles. The van der Waals surface area contributed by atoms with Crippen LogP contribution in [0.15, 0.2) is 6.20 Å². The van der Waals surface area contributed by atoms with Gasteiger partial charge in [-0.1, -0.05) is 0 Å². The number of rotatable bonds is 6. The maximum Gasteiger partial charge on any atom is 0.206 e. The minimum atomic E-state index is 0.441. The fraction of sp³-hybridized carbons (Fsp3) is 0.786. The van der Waals surface area contributed by atoms with Gasteiger partial charge in [0, 0.05) is 45.6 Å². The molecule has 5 nitrogen and oxygen atoms in total. The van der Waals surface area contributed by atoms with Gasteiger partial charge in [-0.05, 0) is 32.6 Å². The molecule has 5 heteroatoms. The Morgan fingerprint density at radius 3 is 3.05 bits per heavy atom. The van der Waals surface area contributed by atoms with Crippen molar-refractivity contribution in [2.75, 3.05) is 31.7 Å². The van der Waals surface area contributed by atoms with Crippen molar-refractivity contribution in [3.8, 4) is 0 Å². The average Bonchev–Trinajstić information content (AvgIpc) is 2.80. The van der Waals surface area contributed by atoms with E-state index in [0.29, 0.717) is 12.6 Å². The van der Waals surface area contributed by atoms with Crippen LogP contribution in [0.5, 0.6) is 0 Å². The monoisotopic (exact) mass is 266 g/mol. The number of nitrogens with two attached hydrogens (primary N) is 1. The maximum atomic E-state index is 5.91. The summed E-state index contributed by atoms with van der Waals surface area (Å²) in [6.45, 7) is 5.58. The molecule has 1 unspecified atom stereocenters. The second-order valence-corrected chi connectivity index (χ2v) is 5.30. The normalized spacial score (nSPS) is 19.9. The molecule has 1 aromatic rings. The quantitative estimate of drug-likeness (QED) is 0.794. The summed E-state index contributed by atoms with van der Waals surface area (Å²) in [6, 6.07) is 0.441. The summed E-state index contributed by atoms with van der Waals surface area (Å²) in [5, 5.41) is 0. The standard InChI is InChI=1S/C14H26N4O/c1-12-11-17(7-5-9-19-2)14(16-12)18-8-4-3-6-13(18)10-15/h11,13H,3-10,15H2,1-2H3. The van der Waals surface area contributed by atoms with Crippen LogP contribution < -0.4 is 10.6 Å². The molecule has 1 fully saturated rings. The molecule has 1 aromatic heterocycles. The number of aryl methyl sites for hydroxylation is 2. The van der Waals surface area contributed by atoms with E-state index in [2.05, 4.69) is 22.6 Å². The van der Waals surface area contributed by atoms with Crippen LogP contribution in [0, 0.1) is 6.92 Å². The van der Waals surface area contributed by atoms with Gasteiger partial charge in [-0.25, -0.2) is 4.98 Å². The highest BCUT2D eigenvalue weighted by atomic mass is 16.5. The predicted octanol–water partition coefficient (Wildman–Crippen LogP) is 1.55. The first kappa shape index (κ1) is 14.3. The zero-order valence-corrected chi connectivity index (χ0v) is 12.1. The van der Waals surface area contributed by atoms with E-state index in [4.69, 9.17) is 15.5 Å². The summed E-state index contributed by atoms with van der Waals surface area (Å²) in [5.41, 5.74) is 6.99. The van der Waals surface area contributed by atoms with Crippen molar-refractivity contribution >= 4 is 5.95 Å². The number of hydrogen-bond acceptors (Lipinski definition) is 4. The maximum absolute atomic E-state index is 5.91. The Labute approximate surface area is 115 Å². The van der Waals surface area contributed by atoms with Crippen molar-refractivity contribution in [3.63, 3.8) is 0 Å². The molecule has 0 radical (unpaired) electrons. The Bertz CT molecular complexity index is 391. The lowest BCUT2D eigenvalue weighted by molar-refractivity contribution is 0.190. The summed E-state index contributed by atoms with van der Waals surface area (Å²) in [5.74, 6) is 1.09. The van der Waals surface area contributed by atoms with Crippen LogP contribution in [0.1, 0.15) is 31.4 Å². The van der Waals surface area contributed by atoms with Gasteiger partial charge in [0.15, 0.2) is 0 Å². The topological polar surface area (TPSA) is 56.3 Å². The van der Waals surface area contributed by atoms with Gasteiger partial charge in [-0.3, -0.25) is 0 Å². The third-order valence-electron chi connectivity index (χ3n) is 3.78. The molecule has 1 atom stereocenters. The molecular formula is C14H26N4O. The molecule has 19 heavy (non-hydrogen) atoms. The van der Waals surface area contributed by atoms with Crippen LogP contribution in [0.4, 0.5) is 5.95 Å². The van der Waals surface area contributed by atoms with Gasteiger partial charge in [0.05, 0.1) is 5.69 Å². The van der Waals surface area contributed by atoms with Crippen molar-refractivity contribution in [2.24, 2.45) is 5.73 Å². The van der Waals surface area contributed by atoms with E-state index in [1.807, 2.05) is 0 Å². The molecule has 2 heterocycles. The Morgan fingerprint density at radius 2 is 2.32 bits per heavy atom. The lowest BCUT2D eigenvalue weighted by Crippen LogP contribution is -2.45. The molecule has 2 rings (SSSR count). The molecule has 1 saturated heterocycles.